The number of ketones is 1. The number of aryl methyl sites for hydroxylation is 1. The van der Waals surface area contributed by atoms with E-state index in [1.165, 1.54) is 10.6 Å². The summed E-state index contributed by atoms with van der Waals surface area (Å²) < 4.78 is 1.53. The molecule has 0 atom stereocenters. The average molecular weight is 483 g/mol. The molecule has 1 amide bonds. The van der Waals surface area contributed by atoms with Gasteiger partial charge in [0.15, 0.2) is 11.4 Å². The summed E-state index contributed by atoms with van der Waals surface area (Å²) in [6.07, 6.45) is 0. The largest absolute Gasteiger partial charge is 0.368 e. The van der Waals surface area contributed by atoms with E-state index in [1.807, 2.05) is 31.2 Å². The smallest absolute Gasteiger partial charge is 0.256 e. The van der Waals surface area contributed by atoms with Gasteiger partial charge in [-0.05, 0) is 68.4 Å². The zero-order chi connectivity index (χ0) is 25.4. The van der Waals surface area contributed by atoms with E-state index in [0.29, 0.717) is 41.5 Å². The molecule has 182 valence electrons. The van der Waals surface area contributed by atoms with Crippen molar-refractivity contribution in [3.63, 3.8) is 0 Å². The van der Waals surface area contributed by atoms with Crippen molar-refractivity contribution in [3.8, 4) is 5.69 Å². The minimum Gasteiger partial charge on any atom is -0.368 e. The van der Waals surface area contributed by atoms with Crippen molar-refractivity contribution >= 4 is 34.4 Å². The highest BCUT2D eigenvalue weighted by Gasteiger charge is 2.21. The lowest BCUT2D eigenvalue weighted by atomic mass is 10.1. The molecule has 36 heavy (non-hydrogen) atoms. The predicted octanol–water partition coefficient (Wildman–Crippen LogP) is 2.72. The maximum atomic E-state index is 12.9. The van der Waals surface area contributed by atoms with Gasteiger partial charge in [0, 0.05) is 54.4 Å². The molecule has 1 fully saturated rings. The molecule has 1 aliphatic rings. The molecule has 0 spiro atoms. The normalized spacial score (nSPS) is 13.7. The summed E-state index contributed by atoms with van der Waals surface area (Å²) in [5, 5.41) is 0.779. The summed E-state index contributed by atoms with van der Waals surface area (Å²) in [6.45, 7) is 6.44. The molecule has 0 radical (unpaired) electrons. The average Bonchev–Trinajstić information content (AvgIpc) is 2.88. The van der Waals surface area contributed by atoms with Gasteiger partial charge < -0.3 is 15.5 Å². The number of nitrogens with zero attached hydrogens (tertiary/aromatic N) is 5. The Labute approximate surface area is 207 Å². The molecule has 1 aliphatic heterocycles. The Morgan fingerprint density at radius 1 is 0.778 bits per heavy atom. The molecule has 9 nitrogen and oxygen atoms in total. The Hall–Kier alpha value is -4.53. The van der Waals surface area contributed by atoms with Gasteiger partial charge >= 0.3 is 0 Å². The fourth-order valence-electron chi connectivity index (χ4n) is 4.49. The number of nitrogens with two attached hydrogens (primary N) is 1. The molecule has 0 saturated carbocycles. The summed E-state index contributed by atoms with van der Waals surface area (Å²) >= 11 is 0. The van der Waals surface area contributed by atoms with Crippen LogP contribution in [0.2, 0.25) is 0 Å². The first-order valence-electron chi connectivity index (χ1n) is 11.7. The summed E-state index contributed by atoms with van der Waals surface area (Å²) in [4.78, 5) is 49.8. The van der Waals surface area contributed by atoms with Gasteiger partial charge in [0.05, 0.1) is 11.4 Å². The summed E-state index contributed by atoms with van der Waals surface area (Å²) in [5.74, 6) is 0.0957. The minimum absolute atomic E-state index is 0.0532. The van der Waals surface area contributed by atoms with Crippen LogP contribution >= 0.6 is 0 Å². The molecule has 2 aromatic heterocycles. The predicted molar refractivity (Wildman–Crippen MR) is 139 cm³/mol. The van der Waals surface area contributed by atoms with E-state index in [2.05, 4.69) is 9.80 Å². The van der Waals surface area contributed by atoms with Gasteiger partial charge in [-0.15, -0.1) is 0 Å². The third kappa shape index (κ3) is 4.31. The molecule has 5 rings (SSSR count). The molecular weight excluding hydrogens is 456 g/mol. The van der Waals surface area contributed by atoms with E-state index < -0.39 is 5.91 Å². The van der Waals surface area contributed by atoms with Crippen molar-refractivity contribution in [1.29, 1.82) is 0 Å². The van der Waals surface area contributed by atoms with E-state index in [9.17, 15) is 14.4 Å². The minimum atomic E-state index is -0.527. The van der Waals surface area contributed by atoms with Crippen molar-refractivity contribution in [3.05, 3.63) is 87.8 Å². The number of fused-ring (bicyclic) bond motifs is 1. The van der Waals surface area contributed by atoms with Crippen molar-refractivity contribution in [2.24, 2.45) is 5.73 Å². The Balaban J connectivity index is 1.45. The molecule has 3 heterocycles. The quantitative estimate of drug-likeness (QED) is 0.435. The highest BCUT2D eigenvalue weighted by atomic mass is 16.1. The van der Waals surface area contributed by atoms with Crippen LogP contribution in [-0.4, -0.2) is 52.4 Å². The third-order valence-corrected chi connectivity index (χ3v) is 6.54. The number of benzene rings is 2. The van der Waals surface area contributed by atoms with Gasteiger partial charge in [0.1, 0.15) is 0 Å². The van der Waals surface area contributed by atoms with Crippen molar-refractivity contribution in [2.45, 2.75) is 13.8 Å². The maximum Gasteiger partial charge on any atom is 0.256 e. The van der Waals surface area contributed by atoms with Gasteiger partial charge in [0.2, 0.25) is 11.9 Å². The van der Waals surface area contributed by atoms with Crippen LogP contribution in [0.3, 0.4) is 0 Å². The van der Waals surface area contributed by atoms with Crippen LogP contribution in [-0.2, 0) is 0 Å². The van der Waals surface area contributed by atoms with Crippen LogP contribution in [0.15, 0.2) is 65.5 Å². The topological polar surface area (TPSA) is 114 Å². The first kappa shape index (κ1) is 23.2. The zero-order valence-corrected chi connectivity index (χ0v) is 20.1. The lowest BCUT2D eigenvalue weighted by Gasteiger charge is -2.36. The number of primary amides is 1. The molecule has 9 heteroatoms. The highest BCUT2D eigenvalue weighted by molar-refractivity contribution is 5.94. The Morgan fingerprint density at radius 2 is 1.36 bits per heavy atom. The van der Waals surface area contributed by atoms with E-state index in [0.717, 1.165) is 29.9 Å². The first-order valence-corrected chi connectivity index (χ1v) is 11.7. The maximum absolute atomic E-state index is 12.9. The number of aromatic nitrogens is 3. The van der Waals surface area contributed by atoms with Crippen LogP contribution in [0.4, 0.5) is 11.6 Å². The third-order valence-electron chi connectivity index (χ3n) is 6.54. The molecule has 2 N–H and O–H groups in total. The number of carbonyl (C=O) groups is 2. The van der Waals surface area contributed by atoms with E-state index >= 15 is 0 Å². The number of pyridine rings is 1. The van der Waals surface area contributed by atoms with Crippen molar-refractivity contribution in [2.75, 3.05) is 36.0 Å². The zero-order valence-electron chi connectivity index (χ0n) is 20.1. The molecule has 2 aromatic carbocycles. The lowest BCUT2D eigenvalue weighted by Crippen LogP contribution is -2.47. The fraction of sp³-hybridized carbons (Fsp3) is 0.222. The van der Waals surface area contributed by atoms with Crippen molar-refractivity contribution < 1.29 is 9.59 Å². The SMILES string of the molecule is CC(=O)c1ccc(N2CCN(c3nc(C)c4ccc(=O)n(-c5ccc(C(N)=O)cc5)c4n3)CC2)cc1. The molecule has 0 unspecified atom stereocenters. The number of anilines is 2. The van der Waals surface area contributed by atoms with Crippen LogP contribution in [0.5, 0.6) is 0 Å². The second-order valence-corrected chi connectivity index (χ2v) is 8.84. The number of hydrogen-bond acceptors (Lipinski definition) is 7. The number of carbonyl (C=O) groups excluding carboxylic acids is 2. The van der Waals surface area contributed by atoms with Gasteiger partial charge in [0.25, 0.3) is 5.56 Å². The number of hydrogen-bond donors (Lipinski definition) is 1. The van der Waals surface area contributed by atoms with E-state index in [1.54, 1.807) is 37.3 Å². The second kappa shape index (κ2) is 9.26. The molecular formula is C27H26N6O3. The fourth-order valence-corrected chi connectivity index (χ4v) is 4.49. The van der Waals surface area contributed by atoms with Crippen LogP contribution in [0.1, 0.15) is 33.3 Å². The van der Waals surface area contributed by atoms with Crippen molar-refractivity contribution in [1.82, 2.24) is 14.5 Å². The summed E-state index contributed by atoms with van der Waals surface area (Å²) in [7, 11) is 0. The van der Waals surface area contributed by atoms with Gasteiger partial charge in [-0.3, -0.25) is 19.0 Å². The Bertz CT molecular complexity index is 1520. The number of Topliss-reactive ketones (excluding diaryl/α,β-unsaturated/α-hetero) is 1. The van der Waals surface area contributed by atoms with E-state index in [-0.39, 0.29) is 11.3 Å². The standard InChI is InChI=1S/C27H26N6O3/c1-17-23-11-12-24(35)33(22-9-5-20(6-10-22)25(28)36)26(23)30-27(29-17)32-15-13-31(14-16-32)21-7-3-19(4-8-21)18(2)34/h3-12H,13-16H2,1-2H3,(H2,28,36). The van der Waals surface area contributed by atoms with Crippen LogP contribution < -0.4 is 21.1 Å². The lowest BCUT2D eigenvalue weighted by molar-refractivity contribution is 0.0996. The molecule has 0 bridgehead atoms. The van der Waals surface area contributed by atoms with Gasteiger partial charge in [-0.25, -0.2) is 4.98 Å². The number of amides is 1. The summed E-state index contributed by atoms with van der Waals surface area (Å²) in [6, 6.07) is 17.5. The Kier molecular flexibility index (Phi) is 5.97. The number of piperazine rings is 1. The van der Waals surface area contributed by atoms with Crippen LogP contribution in [0, 0.1) is 6.92 Å². The monoisotopic (exact) mass is 482 g/mol. The van der Waals surface area contributed by atoms with Gasteiger partial charge in [-0.1, -0.05) is 0 Å². The van der Waals surface area contributed by atoms with Crippen LogP contribution in [0.25, 0.3) is 16.7 Å². The first-order chi connectivity index (χ1) is 17.3. The highest BCUT2D eigenvalue weighted by Crippen LogP contribution is 2.23. The Morgan fingerprint density at radius 3 is 1.97 bits per heavy atom. The molecule has 4 aromatic rings. The molecule has 0 aliphatic carbocycles. The van der Waals surface area contributed by atoms with Gasteiger partial charge in [-0.2, -0.15) is 4.98 Å². The molecule has 1 saturated heterocycles. The second-order valence-electron chi connectivity index (χ2n) is 8.84. The summed E-state index contributed by atoms with van der Waals surface area (Å²) in [5.41, 5.74) is 9.16. The number of rotatable bonds is 5. The van der Waals surface area contributed by atoms with E-state index in [4.69, 9.17) is 15.7 Å².